The number of hydrogen-bond acceptors (Lipinski definition) is 7. The number of nitrogens with one attached hydrogen (secondary N) is 2. The zero-order chi connectivity index (χ0) is 33.2. The lowest BCUT2D eigenvalue weighted by Gasteiger charge is -2.42. The summed E-state index contributed by atoms with van der Waals surface area (Å²) in [6.07, 6.45) is 2.18. The minimum Gasteiger partial charge on any atom is -0.455 e. The Hall–Kier alpha value is -4.99. The molecule has 0 saturated heterocycles. The molecule has 10 nitrogen and oxygen atoms in total. The fourth-order valence-corrected chi connectivity index (χ4v) is 5.80. The lowest BCUT2D eigenvalue weighted by atomic mass is 9.63. The molecule has 2 N–H and O–H groups in total. The van der Waals surface area contributed by atoms with Gasteiger partial charge in [0.05, 0.1) is 0 Å². The zero-order valence-corrected chi connectivity index (χ0v) is 27.0. The molecule has 1 aliphatic carbocycles. The van der Waals surface area contributed by atoms with Gasteiger partial charge < -0.3 is 20.6 Å². The first-order valence-electron chi connectivity index (χ1n) is 15.4. The summed E-state index contributed by atoms with van der Waals surface area (Å²) in [6.45, 7) is 12.1. The summed E-state index contributed by atoms with van der Waals surface area (Å²) in [7, 11) is 0. The number of amides is 2. The standard InChI is InChI=1S/C36H40N4O6/c1-22(2)30(34(43)45-21-29-31(39-46-40(29)44)23-10-8-7-9-11-23)38-33(42)25-14-12-24(13-15-25)32(41)37-26-16-17-27-28(20-26)36(5,6)19-18-35(27,3)4/h7-17,20,22,30H,18-19,21H2,1-6H3,(H,37,41)(H,38,42)/t30-/m0/s1. The first-order chi connectivity index (χ1) is 21.8. The molecule has 0 spiro atoms. The van der Waals surface area contributed by atoms with Crippen LogP contribution in [0.3, 0.4) is 0 Å². The van der Waals surface area contributed by atoms with Crippen LogP contribution >= 0.6 is 0 Å². The molecule has 1 atom stereocenters. The first kappa shape index (κ1) is 32.4. The van der Waals surface area contributed by atoms with Crippen molar-refractivity contribution >= 4 is 23.5 Å². The number of hydrogen-bond donors (Lipinski definition) is 2. The van der Waals surface area contributed by atoms with Gasteiger partial charge in [0.2, 0.25) is 5.69 Å². The van der Waals surface area contributed by atoms with E-state index in [1.807, 2.05) is 12.1 Å². The second-order valence-corrected chi connectivity index (χ2v) is 13.5. The molecule has 240 valence electrons. The summed E-state index contributed by atoms with van der Waals surface area (Å²) in [5, 5.41) is 21.7. The van der Waals surface area contributed by atoms with Crippen LogP contribution in [0.25, 0.3) is 11.3 Å². The topological polar surface area (TPSA) is 137 Å². The van der Waals surface area contributed by atoms with Crippen LogP contribution in [0.15, 0.2) is 77.4 Å². The van der Waals surface area contributed by atoms with Gasteiger partial charge in [-0.3, -0.25) is 14.2 Å². The monoisotopic (exact) mass is 624 g/mol. The number of rotatable bonds is 9. The molecule has 0 unspecified atom stereocenters. The molecule has 46 heavy (non-hydrogen) atoms. The Bertz CT molecular complexity index is 1740. The molecule has 2 amide bonds. The maximum atomic E-state index is 13.1. The Kier molecular flexibility index (Phi) is 9.01. The van der Waals surface area contributed by atoms with Gasteiger partial charge >= 0.3 is 5.97 Å². The van der Waals surface area contributed by atoms with Crippen LogP contribution in [0.4, 0.5) is 5.69 Å². The van der Waals surface area contributed by atoms with Crippen molar-refractivity contribution in [3.05, 3.63) is 106 Å². The average Bonchev–Trinajstić information content (AvgIpc) is 3.41. The third kappa shape index (κ3) is 6.80. The maximum Gasteiger partial charge on any atom is 0.329 e. The van der Waals surface area contributed by atoms with Crippen LogP contribution in [0.2, 0.25) is 0 Å². The highest BCUT2D eigenvalue weighted by molar-refractivity contribution is 6.05. The molecule has 1 aromatic heterocycles. The predicted octanol–water partition coefficient (Wildman–Crippen LogP) is 6.07. The van der Waals surface area contributed by atoms with Crippen molar-refractivity contribution in [3.8, 4) is 11.3 Å². The van der Waals surface area contributed by atoms with Crippen LogP contribution in [-0.4, -0.2) is 29.0 Å². The summed E-state index contributed by atoms with van der Waals surface area (Å²) in [4.78, 5) is 39.5. The smallest absolute Gasteiger partial charge is 0.329 e. The summed E-state index contributed by atoms with van der Waals surface area (Å²) in [5.74, 6) is -1.82. The summed E-state index contributed by atoms with van der Waals surface area (Å²) >= 11 is 0. The third-order valence-electron chi connectivity index (χ3n) is 8.83. The van der Waals surface area contributed by atoms with Crippen molar-refractivity contribution in [2.24, 2.45) is 5.92 Å². The van der Waals surface area contributed by atoms with E-state index in [4.69, 9.17) is 9.37 Å². The van der Waals surface area contributed by atoms with Crippen LogP contribution < -0.4 is 15.5 Å². The van der Waals surface area contributed by atoms with Crippen molar-refractivity contribution in [3.63, 3.8) is 0 Å². The van der Waals surface area contributed by atoms with E-state index in [0.29, 0.717) is 11.1 Å². The number of carbonyl (C=O) groups is 3. The van der Waals surface area contributed by atoms with Crippen molar-refractivity contribution < 1.29 is 28.7 Å². The minimum atomic E-state index is -0.992. The van der Waals surface area contributed by atoms with E-state index in [2.05, 4.69) is 55.6 Å². The van der Waals surface area contributed by atoms with Gasteiger partial charge in [0, 0.05) is 27.5 Å². The van der Waals surface area contributed by atoms with E-state index < -0.39 is 24.5 Å². The second kappa shape index (κ2) is 12.8. The van der Waals surface area contributed by atoms with E-state index in [1.165, 1.54) is 23.3 Å². The van der Waals surface area contributed by atoms with Crippen molar-refractivity contribution in [1.82, 2.24) is 10.5 Å². The lowest BCUT2D eigenvalue weighted by molar-refractivity contribution is -0.808. The minimum absolute atomic E-state index is 0.0143. The third-order valence-corrected chi connectivity index (χ3v) is 8.83. The summed E-state index contributed by atoms with van der Waals surface area (Å²) in [5.41, 5.74) is 4.97. The van der Waals surface area contributed by atoms with Crippen molar-refractivity contribution in [2.75, 3.05) is 5.32 Å². The molecular weight excluding hydrogens is 584 g/mol. The van der Waals surface area contributed by atoms with Crippen LogP contribution in [-0.2, 0) is 27.0 Å². The summed E-state index contributed by atoms with van der Waals surface area (Å²) in [6, 6.07) is 20.3. The number of fused-ring (bicyclic) bond motifs is 1. The SMILES string of the molecule is CC(C)[C@H](NC(=O)c1ccc(C(=O)Nc2ccc3c(c2)C(C)(C)CCC3(C)C)cc1)C(=O)OCc1c(-c2ccccc2)no[n+]1[O-]. The molecule has 0 radical (unpaired) electrons. The number of anilines is 1. The second-order valence-electron chi connectivity index (χ2n) is 13.5. The van der Waals surface area contributed by atoms with Gasteiger partial charge in [0.25, 0.3) is 17.5 Å². The largest absolute Gasteiger partial charge is 0.455 e. The predicted molar refractivity (Wildman–Crippen MR) is 173 cm³/mol. The Labute approximate surface area is 268 Å². The van der Waals surface area contributed by atoms with Gasteiger partial charge in [-0.1, -0.05) is 77.9 Å². The van der Waals surface area contributed by atoms with Crippen molar-refractivity contribution in [2.45, 2.75) is 77.9 Å². The van der Waals surface area contributed by atoms with Gasteiger partial charge in [-0.05, 0) is 82.0 Å². The Morgan fingerprint density at radius 2 is 1.50 bits per heavy atom. The Balaban J connectivity index is 1.22. The Morgan fingerprint density at radius 1 is 0.891 bits per heavy atom. The molecule has 10 heteroatoms. The molecule has 0 saturated carbocycles. The van der Waals surface area contributed by atoms with Gasteiger partial charge in [-0.2, -0.15) is 0 Å². The highest BCUT2D eigenvalue weighted by atomic mass is 16.8. The van der Waals surface area contributed by atoms with Crippen LogP contribution in [0, 0.1) is 11.1 Å². The normalized spacial score (nSPS) is 15.5. The molecule has 4 aromatic rings. The van der Waals surface area contributed by atoms with E-state index >= 15 is 0 Å². The van der Waals surface area contributed by atoms with Gasteiger partial charge in [-0.25, -0.2) is 4.79 Å². The quantitative estimate of drug-likeness (QED) is 0.170. The number of nitrogens with zero attached hydrogens (tertiary/aromatic N) is 2. The average molecular weight is 625 g/mol. The number of ether oxygens (including phenoxy) is 1. The van der Waals surface area contributed by atoms with E-state index in [0.717, 1.165) is 18.5 Å². The van der Waals surface area contributed by atoms with Gasteiger partial charge in [-0.15, -0.1) is 0 Å². The summed E-state index contributed by atoms with van der Waals surface area (Å²) < 4.78 is 10.2. The molecule has 0 aliphatic heterocycles. The molecule has 5 rings (SSSR count). The molecule has 3 aromatic carbocycles. The zero-order valence-electron chi connectivity index (χ0n) is 27.0. The van der Waals surface area contributed by atoms with E-state index in [9.17, 15) is 19.6 Å². The van der Waals surface area contributed by atoms with Gasteiger partial charge in [0.1, 0.15) is 6.04 Å². The number of esters is 1. The maximum absolute atomic E-state index is 13.1. The molecule has 1 heterocycles. The van der Waals surface area contributed by atoms with Gasteiger partial charge in [0.15, 0.2) is 6.61 Å². The molecule has 1 aliphatic rings. The number of aromatic nitrogens is 2. The number of benzene rings is 3. The molecule has 0 fully saturated rings. The first-order valence-corrected chi connectivity index (χ1v) is 15.4. The molecular formula is C36H40N4O6. The fourth-order valence-electron chi connectivity index (χ4n) is 5.80. The Morgan fingerprint density at radius 3 is 2.13 bits per heavy atom. The van der Waals surface area contributed by atoms with E-state index in [-0.39, 0.29) is 44.5 Å². The number of carbonyl (C=O) groups excluding carboxylic acids is 3. The van der Waals surface area contributed by atoms with Crippen molar-refractivity contribution in [1.29, 1.82) is 0 Å². The highest BCUT2D eigenvalue weighted by Crippen LogP contribution is 2.46. The van der Waals surface area contributed by atoms with Crippen LogP contribution in [0.1, 0.15) is 91.9 Å². The van der Waals surface area contributed by atoms with E-state index in [1.54, 1.807) is 50.2 Å². The molecule has 0 bridgehead atoms. The highest BCUT2D eigenvalue weighted by Gasteiger charge is 2.37. The van der Waals surface area contributed by atoms with Crippen LogP contribution in [0.5, 0.6) is 0 Å². The lowest BCUT2D eigenvalue weighted by Crippen LogP contribution is -2.45. The fraction of sp³-hybridized carbons (Fsp3) is 0.361.